The second-order valence-corrected chi connectivity index (χ2v) is 5.61. The van der Waals surface area contributed by atoms with E-state index in [2.05, 4.69) is 0 Å². The van der Waals surface area contributed by atoms with Gasteiger partial charge in [0.15, 0.2) is 0 Å². The summed E-state index contributed by atoms with van der Waals surface area (Å²) >= 11 is 0. The van der Waals surface area contributed by atoms with Crippen LogP contribution in [0.5, 0.6) is 0 Å². The molecular formula is C9H9ClO5S. The quantitative estimate of drug-likeness (QED) is 0.833. The van der Waals surface area contributed by atoms with Crippen molar-refractivity contribution in [2.24, 2.45) is 0 Å². The maximum Gasteiger partial charge on any atom is 0.335 e. The number of carboxylic acids is 1. The molecule has 7 heteroatoms. The van der Waals surface area contributed by atoms with E-state index in [0.29, 0.717) is 5.56 Å². The van der Waals surface area contributed by atoms with E-state index in [9.17, 15) is 13.2 Å². The van der Waals surface area contributed by atoms with E-state index < -0.39 is 15.0 Å². The van der Waals surface area contributed by atoms with Crippen molar-refractivity contribution in [1.82, 2.24) is 0 Å². The van der Waals surface area contributed by atoms with E-state index in [1.54, 1.807) is 0 Å². The Morgan fingerprint density at radius 3 is 2.50 bits per heavy atom. The smallest absolute Gasteiger partial charge is 0.335 e. The van der Waals surface area contributed by atoms with E-state index in [1.807, 2.05) is 0 Å². The number of carboxylic acid groups (broad SMARTS) is 1. The lowest BCUT2D eigenvalue weighted by Crippen LogP contribution is -2.02. The zero-order chi connectivity index (χ0) is 12.3. The highest BCUT2D eigenvalue weighted by Gasteiger charge is 2.15. The number of hydrogen-bond donors (Lipinski definition) is 1. The second kappa shape index (κ2) is 4.82. The van der Waals surface area contributed by atoms with Crippen LogP contribution in [0.1, 0.15) is 15.9 Å². The summed E-state index contributed by atoms with van der Waals surface area (Å²) in [6.45, 7) is 0.112. The first-order valence-electron chi connectivity index (χ1n) is 4.15. The highest BCUT2D eigenvalue weighted by atomic mass is 35.7. The molecule has 0 bridgehead atoms. The topological polar surface area (TPSA) is 80.7 Å². The van der Waals surface area contributed by atoms with Crippen LogP contribution in [0.2, 0.25) is 0 Å². The van der Waals surface area contributed by atoms with Crippen molar-refractivity contribution in [3.8, 4) is 0 Å². The molecule has 0 saturated heterocycles. The second-order valence-electron chi connectivity index (χ2n) is 3.04. The van der Waals surface area contributed by atoms with Crippen LogP contribution in [0.25, 0.3) is 0 Å². The van der Waals surface area contributed by atoms with Crippen LogP contribution in [-0.2, 0) is 20.4 Å². The molecule has 0 unspecified atom stereocenters. The minimum atomic E-state index is -3.95. The van der Waals surface area contributed by atoms with Crippen molar-refractivity contribution >= 4 is 25.7 Å². The first kappa shape index (κ1) is 13.0. The normalized spacial score (nSPS) is 11.4. The van der Waals surface area contributed by atoms with E-state index >= 15 is 0 Å². The fourth-order valence-corrected chi connectivity index (χ4v) is 2.00. The summed E-state index contributed by atoms with van der Waals surface area (Å²) in [5.74, 6) is -1.22. The molecule has 0 radical (unpaired) electrons. The SMILES string of the molecule is COCc1cc(C(=O)O)cc(S(=O)(=O)Cl)c1. The molecule has 0 aliphatic heterocycles. The Hall–Kier alpha value is -1.11. The van der Waals surface area contributed by atoms with E-state index in [4.69, 9.17) is 20.5 Å². The number of rotatable bonds is 4. The van der Waals surface area contributed by atoms with E-state index in [1.165, 1.54) is 19.2 Å². The number of ether oxygens (including phenoxy) is 1. The number of carbonyl (C=O) groups is 1. The highest BCUT2D eigenvalue weighted by molar-refractivity contribution is 8.13. The van der Waals surface area contributed by atoms with Gasteiger partial charge >= 0.3 is 5.97 Å². The minimum Gasteiger partial charge on any atom is -0.478 e. The number of halogens is 1. The minimum absolute atomic E-state index is 0.112. The largest absolute Gasteiger partial charge is 0.478 e. The van der Waals surface area contributed by atoms with Gasteiger partial charge < -0.3 is 9.84 Å². The Balaban J connectivity index is 3.35. The maximum absolute atomic E-state index is 11.1. The fourth-order valence-electron chi connectivity index (χ4n) is 1.17. The monoisotopic (exact) mass is 264 g/mol. The van der Waals surface area contributed by atoms with Gasteiger partial charge in [0.2, 0.25) is 0 Å². The molecule has 1 rings (SSSR count). The van der Waals surface area contributed by atoms with E-state index in [-0.39, 0.29) is 17.1 Å². The summed E-state index contributed by atoms with van der Waals surface area (Å²) in [6.07, 6.45) is 0. The van der Waals surface area contributed by atoms with Crippen molar-refractivity contribution in [2.75, 3.05) is 7.11 Å². The molecular weight excluding hydrogens is 256 g/mol. The zero-order valence-corrected chi connectivity index (χ0v) is 9.88. The number of hydrogen-bond acceptors (Lipinski definition) is 4. The molecule has 0 aliphatic rings. The van der Waals surface area contributed by atoms with Gasteiger partial charge in [0, 0.05) is 17.8 Å². The third kappa shape index (κ3) is 3.19. The van der Waals surface area contributed by atoms with Gasteiger partial charge in [-0.3, -0.25) is 0 Å². The summed E-state index contributed by atoms with van der Waals surface area (Å²) in [5.41, 5.74) is 0.287. The molecule has 0 aromatic heterocycles. The predicted octanol–water partition coefficient (Wildman–Crippen LogP) is 1.46. The lowest BCUT2D eigenvalue weighted by Gasteiger charge is -2.04. The van der Waals surface area contributed by atoms with Crippen molar-refractivity contribution in [1.29, 1.82) is 0 Å². The Bertz CT molecular complexity index is 509. The van der Waals surface area contributed by atoms with Crippen LogP contribution in [0, 0.1) is 0 Å². The third-order valence-corrected chi connectivity index (χ3v) is 3.14. The number of aromatic carboxylic acids is 1. The van der Waals surface area contributed by atoms with Crippen LogP contribution < -0.4 is 0 Å². The van der Waals surface area contributed by atoms with Crippen molar-refractivity contribution in [3.63, 3.8) is 0 Å². The molecule has 0 aliphatic carbocycles. The van der Waals surface area contributed by atoms with Crippen molar-refractivity contribution in [2.45, 2.75) is 11.5 Å². The molecule has 5 nitrogen and oxygen atoms in total. The van der Waals surface area contributed by atoms with Crippen LogP contribution in [0.15, 0.2) is 23.1 Å². The molecule has 16 heavy (non-hydrogen) atoms. The van der Waals surface area contributed by atoms with Crippen LogP contribution >= 0.6 is 10.7 Å². The molecule has 1 aromatic carbocycles. The molecule has 0 spiro atoms. The van der Waals surface area contributed by atoms with Gasteiger partial charge in [0.25, 0.3) is 9.05 Å². The predicted molar refractivity (Wildman–Crippen MR) is 57.2 cm³/mol. The van der Waals surface area contributed by atoms with Gasteiger partial charge in [0.1, 0.15) is 0 Å². The zero-order valence-electron chi connectivity index (χ0n) is 8.31. The van der Waals surface area contributed by atoms with Crippen molar-refractivity contribution < 1.29 is 23.1 Å². The van der Waals surface area contributed by atoms with Gasteiger partial charge in [0.05, 0.1) is 17.1 Å². The molecule has 0 saturated carbocycles. The van der Waals surface area contributed by atoms with Gasteiger partial charge in [-0.1, -0.05) is 0 Å². The van der Waals surface area contributed by atoms with Gasteiger partial charge in [-0.2, -0.15) is 0 Å². The van der Waals surface area contributed by atoms with Gasteiger partial charge in [-0.15, -0.1) is 0 Å². The summed E-state index contributed by atoms with van der Waals surface area (Å²) in [5, 5.41) is 8.79. The Morgan fingerprint density at radius 2 is 2.06 bits per heavy atom. The lowest BCUT2D eigenvalue weighted by atomic mass is 10.1. The van der Waals surface area contributed by atoms with Crippen LogP contribution in [0.3, 0.4) is 0 Å². The molecule has 88 valence electrons. The number of benzene rings is 1. The van der Waals surface area contributed by atoms with Crippen LogP contribution in [-0.4, -0.2) is 26.6 Å². The highest BCUT2D eigenvalue weighted by Crippen LogP contribution is 2.19. The summed E-state index contributed by atoms with van der Waals surface area (Å²) in [4.78, 5) is 10.5. The number of methoxy groups -OCH3 is 1. The Labute approximate surface area is 97.0 Å². The van der Waals surface area contributed by atoms with Crippen LogP contribution in [0.4, 0.5) is 0 Å². The first-order chi connectivity index (χ1) is 7.34. The first-order valence-corrected chi connectivity index (χ1v) is 6.46. The summed E-state index contributed by atoms with van der Waals surface area (Å²) < 4.78 is 27.0. The Morgan fingerprint density at radius 1 is 1.44 bits per heavy atom. The molecule has 1 N–H and O–H groups in total. The molecule has 1 aromatic rings. The molecule has 0 amide bonds. The fraction of sp³-hybridized carbons (Fsp3) is 0.222. The van der Waals surface area contributed by atoms with E-state index in [0.717, 1.165) is 6.07 Å². The molecule has 0 fully saturated rings. The summed E-state index contributed by atoms with van der Waals surface area (Å²) in [7, 11) is 2.62. The molecule has 0 atom stereocenters. The Kier molecular flexibility index (Phi) is 3.90. The lowest BCUT2D eigenvalue weighted by molar-refractivity contribution is 0.0696. The summed E-state index contributed by atoms with van der Waals surface area (Å²) in [6, 6.07) is 3.61. The van der Waals surface area contributed by atoms with Crippen molar-refractivity contribution in [3.05, 3.63) is 29.3 Å². The average molecular weight is 265 g/mol. The van der Waals surface area contributed by atoms with Gasteiger partial charge in [-0.05, 0) is 23.8 Å². The van der Waals surface area contributed by atoms with Gasteiger partial charge in [-0.25, -0.2) is 13.2 Å². The standard InChI is InChI=1S/C9H9ClO5S/c1-15-5-6-2-7(9(11)12)4-8(3-6)16(10,13)14/h2-4H,5H2,1H3,(H,11,12). The third-order valence-electron chi connectivity index (χ3n) is 1.81. The average Bonchev–Trinajstić information content (AvgIpc) is 2.16. The maximum atomic E-state index is 11.1. The molecule has 0 heterocycles.